The van der Waals surface area contributed by atoms with Crippen LogP contribution in [0.5, 0.6) is 5.75 Å². The monoisotopic (exact) mass is 248 g/mol. The molecule has 2 rings (SSSR count). The second-order valence-corrected chi connectivity index (χ2v) is 5.58. The van der Waals surface area contributed by atoms with Crippen LogP contribution in [0.4, 0.5) is 0 Å². The Kier molecular flexibility index (Phi) is 4.61. The third kappa shape index (κ3) is 4.00. The van der Waals surface area contributed by atoms with Gasteiger partial charge in [-0.15, -0.1) is 0 Å². The second-order valence-electron chi connectivity index (χ2n) is 5.58. The molecule has 0 aliphatic heterocycles. The van der Waals surface area contributed by atoms with E-state index in [2.05, 4.69) is 31.4 Å². The van der Waals surface area contributed by atoms with Crippen LogP contribution < -0.4 is 16.0 Å². The van der Waals surface area contributed by atoms with Gasteiger partial charge in [0.15, 0.2) is 0 Å². The fourth-order valence-electron chi connectivity index (χ4n) is 2.00. The predicted octanol–water partition coefficient (Wildman–Crippen LogP) is 3.17. The molecule has 0 spiro atoms. The Morgan fingerprint density at radius 3 is 2.39 bits per heavy atom. The minimum atomic E-state index is 0.238. The molecule has 0 amide bonds. The van der Waals surface area contributed by atoms with Crippen LogP contribution in [0.1, 0.15) is 51.1 Å². The smallest absolute Gasteiger partial charge is 0.119 e. The zero-order valence-corrected chi connectivity index (χ0v) is 11.4. The fourth-order valence-corrected chi connectivity index (χ4v) is 2.00. The average molecular weight is 248 g/mol. The van der Waals surface area contributed by atoms with Crippen LogP contribution in [0.3, 0.4) is 0 Å². The Morgan fingerprint density at radius 1 is 1.22 bits per heavy atom. The molecule has 1 aromatic carbocycles. The summed E-state index contributed by atoms with van der Waals surface area (Å²) in [6.07, 6.45) is 5.10. The van der Waals surface area contributed by atoms with Crippen molar-refractivity contribution in [2.45, 2.75) is 51.7 Å². The highest BCUT2D eigenvalue weighted by atomic mass is 16.5. The van der Waals surface area contributed by atoms with Crippen molar-refractivity contribution in [2.24, 2.45) is 11.8 Å². The third-order valence-electron chi connectivity index (χ3n) is 3.34. The highest BCUT2D eigenvalue weighted by Crippen LogP contribution is 2.28. The highest BCUT2D eigenvalue weighted by Gasteiger charge is 2.23. The lowest BCUT2D eigenvalue weighted by atomic mass is 9.98. The maximum atomic E-state index is 5.74. The zero-order valence-electron chi connectivity index (χ0n) is 11.4. The number of hydrogen-bond acceptors (Lipinski definition) is 3. The summed E-state index contributed by atoms with van der Waals surface area (Å²) in [5.74, 6) is 7.32. The van der Waals surface area contributed by atoms with Crippen molar-refractivity contribution in [3.05, 3.63) is 29.8 Å². The van der Waals surface area contributed by atoms with E-state index < -0.39 is 0 Å². The summed E-state index contributed by atoms with van der Waals surface area (Å²) in [7, 11) is 0. The van der Waals surface area contributed by atoms with Gasteiger partial charge in [-0.3, -0.25) is 11.3 Å². The molecule has 1 fully saturated rings. The topological polar surface area (TPSA) is 47.3 Å². The SMILES string of the molecule is CC(C)CCC(NN)c1ccc(OC2CC2)cc1. The lowest BCUT2D eigenvalue weighted by Crippen LogP contribution is -2.28. The molecule has 100 valence electrons. The Morgan fingerprint density at radius 2 is 1.89 bits per heavy atom. The molecule has 3 nitrogen and oxygen atoms in total. The van der Waals surface area contributed by atoms with Gasteiger partial charge >= 0.3 is 0 Å². The maximum Gasteiger partial charge on any atom is 0.119 e. The van der Waals surface area contributed by atoms with Gasteiger partial charge in [0.1, 0.15) is 5.75 Å². The van der Waals surface area contributed by atoms with Gasteiger partial charge in [0.25, 0.3) is 0 Å². The first-order valence-corrected chi connectivity index (χ1v) is 6.91. The van der Waals surface area contributed by atoms with Crippen molar-refractivity contribution >= 4 is 0 Å². The van der Waals surface area contributed by atoms with E-state index in [9.17, 15) is 0 Å². The first kappa shape index (κ1) is 13.4. The number of hydrazine groups is 1. The number of benzene rings is 1. The molecule has 0 aromatic heterocycles. The molecule has 1 atom stereocenters. The summed E-state index contributed by atoms with van der Waals surface area (Å²) in [5.41, 5.74) is 4.14. The van der Waals surface area contributed by atoms with Crippen LogP contribution in [-0.2, 0) is 0 Å². The van der Waals surface area contributed by atoms with Gasteiger partial charge in [0, 0.05) is 6.04 Å². The lowest BCUT2D eigenvalue weighted by Gasteiger charge is -2.18. The number of hydrogen-bond donors (Lipinski definition) is 2. The average Bonchev–Trinajstić information content (AvgIpc) is 3.15. The molecule has 1 aromatic rings. The van der Waals surface area contributed by atoms with Gasteiger partial charge in [0.2, 0.25) is 0 Å². The molecule has 3 N–H and O–H groups in total. The number of ether oxygens (including phenoxy) is 1. The van der Waals surface area contributed by atoms with E-state index in [1.165, 1.54) is 24.8 Å². The number of rotatable bonds is 7. The lowest BCUT2D eigenvalue weighted by molar-refractivity contribution is 0.303. The molecular formula is C15H24N2O. The molecule has 0 saturated heterocycles. The summed E-state index contributed by atoms with van der Waals surface area (Å²) in [6.45, 7) is 4.47. The van der Waals surface area contributed by atoms with Crippen LogP contribution in [0.15, 0.2) is 24.3 Å². The Hall–Kier alpha value is -1.06. The van der Waals surface area contributed by atoms with Gasteiger partial charge < -0.3 is 4.74 Å². The van der Waals surface area contributed by atoms with Crippen molar-refractivity contribution < 1.29 is 4.74 Å². The van der Waals surface area contributed by atoms with E-state index in [-0.39, 0.29) is 6.04 Å². The summed E-state index contributed by atoms with van der Waals surface area (Å²) in [5, 5.41) is 0. The fraction of sp³-hybridized carbons (Fsp3) is 0.600. The molecular weight excluding hydrogens is 224 g/mol. The quantitative estimate of drug-likeness (QED) is 0.575. The molecule has 1 unspecified atom stereocenters. The van der Waals surface area contributed by atoms with Crippen molar-refractivity contribution in [3.63, 3.8) is 0 Å². The van der Waals surface area contributed by atoms with E-state index in [0.29, 0.717) is 12.0 Å². The molecule has 0 bridgehead atoms. The minimum Gasteiger partial charge on any atom is -0.490 e. The normalized spacial score (nSPS) is 16.9. The van der Waals surface area contributed by atoms with Gasteiger partial charge in [-0.2, -0.15) is 0 Å². The summed E-state index contributed by atoms with van der Waals surface area (Å²) in [4.78, 5) is 0. The van der Waals surface area contributed by atoms with E-state index in [1.54, 1.807) is 0 Å². The molecule has 1 aliphatic carbocycles. The Balaban J connectivity index is 1.92. The largest absolute Gasteiger partial charge is 0.490 e. The summed E-state index contributed by atoms with van der Waals surface area (Å²) in [6, 6.07) is 8.56. The zero-order chi connectivity index (χ0) is 13.0. The molecule has 0 radical (unpaired) electrons. The van der Waals surface area contributed by atoms with Crippen molar-refractivity contribution in [1.82, 2.24) is 5.43 Å². The Labute approximate surface area is 110 Å². The standard InChI is InChI=1S/C15H24N2O/c1-11(2)3-10-15(17-16)12-4-6-13(7-5-12)18-14-8-9-14/h4-7,11,14-15,17H,3,8-10,16H2,1-2H3. The number of nitrogens with two attached hydrogens (primary N) is 1. The first-order valence-electron chi connectivity index (χ1n) is 6.91. The molecule has 1 aliphatic rings. The van der Waals surface area contributed by atoms with E-state index >= 15 is 0 Å². The van der Waals surface area contributed by atoms with Crippen LogP contribution in [0.2, 0.25) is 0 Å². The summed E-state index contributed by atoms with van der Waals surface area (Å²) >= 11 is 0. The van der Waals surface area contributed by atoms with Gasteiger partial charge in [-0.1, -0.05) is 26.0 Å². The van der Waals surface area contributed by atoms with Crippen LogP contribution in [0, 0.1) is 5.92 Å². The van der Waals surface area contributed by atoms with Gasteiger partial charge in [-0.25, -0.2) is 0 Å². The van der Waals surface area contributed by atoms with Crippen LogP contribution in [0.25, 0.3) is 0 Å². The molecule has 0 heterocycles. The Bertz CT molecular complexity index is 357. The van der Waals surface area contributed by atoms with Gasteiger partial charge in [0.05, 0.1) is 6.10 Å². The predicted molar refractivity (Wildman–Crippen MR) is 74.2 cm³/mol. The third-order valence-corrected chi connectivity index (χ3v) is 3.34. The van der Waals surface area contributed by atoms with Crippen molar-refractivity contribution in [3.8, 4) is 5.75 Å². The van der Waals surface area contributed by atoms with Gasteiger partial charge in [-0.05, 0) is 49.3 Å². The molecule has 3 heteroatoms. The maximum absolute atomic E-state index is 5.74. The molecule has 18 heavy (non-hydrogen) atoms. The second kappa shape index (κ2) is 6.21. The van der Waals surface area contributed by atoms with Crippen LogP contribution >= 0.6 is 0 Å². The van der Waals surface area contributed by atoms with Crippen LogP contribution in [-0.4, -0.2) is 6.10 Å². The van der Waals surface area contributed by atoms with E-state index in [4.69, 9.17) is 10.6 Å². The van der Waals surface area contributed by atoms with E-state index in [0.717, 1.165) is 12.2 Å². The minimum absolute atomic E-state index is 0.238. The number of nitrogens with one attached hydrogen (secondary N) is 1. The highest BCUT2D eigenvalue weighted by molar-refractivity contribution is 5.29. The summed E-state index contributed by atoms with van der Waals surface area (Å²) < 4.78 is 5.74. The van der Waals surface area contributed by atoms with E-state index in [1.807, 2.05) is 12.1 Å². The van der Waals surface area contributed by atoms with Crippen molar-refractivity contribution in [2.75, 3.05) is 0 Å². The molecule has 1 saturated carbocycles. The first-order chi connectivity index (χ1) is 8.69. The van der Waals surface area contributed by atoms with Crippen molar-refractivity contribution in [1.29, 1.82) is 0 Å².